The number of nitrogens with zero attached hydrogens (tertiary/aromatic N) is 2. The first kappa shape index (κ1) is 20.7. The molecule has 3 fully saturated rings. The van der Waals surface area contributed by atoms with Crippen molar-refractivity contribution in [3.05, 3.63) is 35.9 Å². The van der Waals surface area contributed by atoms with Gasteiger partial charge in [-0.05, 0) is 73.5 Å². The number of aliphatic hydroxyl groups excluding tert-OH is 1. The van der Waals surface area contributed by atoms with Crippen LogP contribution in [-0.4, -0.2) is 41.7 Å². The number of fused-ring (bicyclic) bond motifs is 3. The summed E-state index contributed by atoms with van der Waals surface area (Å²) in [5, 5.41) is 14.2. The van der Waals surface area contributed by atoms with Gasteiger partial charge in [-0.25, -0.2) is 4.98 Å². The van der Waals surface area contributed by atoms with Crippen molar-refractivity contribution >= 4 is 22.6 Å². The average Bonchev–Trinajstić information content (AvgIpc) is 3.33. The number of hydrogen-bond acceptors (Lipinski definition) is 4. The molecule has 5 rings (SSSR count). The number of aliphatic hydroxyl groups is 1. The lowest BCUT2D eigenvalue weighted by Gasteiger charge is -2.44. The fraction of sp³-hybridized carbons (Fsp3) is 0.615. The Morgan fingerprint density at radius 2 is 2.06 bits per heavy atom. The van der Waals surface area contributed by atoms with Crippen molar-refractivity contribution in [3.63, 3.8) is 0 Å². The van der Waals surface area contributed by atoms with E-state index in [0.717, 1.165) is 43.7 Å². The van der Waals surface area contributed by atoms with Gasteiger partial charge < -0.3 is 15.3 Å². The fourth-order valence-corrected chi connectivity index (χ4v) is 6.65. The summed E-state index contributed by atoms with van der Waals surface area (Å²) in [6.45, 7) is 8.47. The molecular formula is C26H35N3O2. The van der Waals surface area contributed by atoms with Crippen molar-refractivity contribution in [3.8, 4) is 0 Å². The van der Waals surface area contributed by atoms with Gasteiger partial charge >= 0.3 is 0 Å². The third kappa shape index (κ3) is 3.71. The third-order valence-electron chi connectivity index (χ3n) is 8.29. The van der Waals surface area contributed by atoms with Gasteiger partial charge in [-0.2, -0.15) is 0 Å². The summed E-state index contributed by atoms with van der Waals surface area (Å²) in [6, 6.07) is 10.8. The molecule has 0 spiro atoms. The molecule has 2 bridgehead atoms. The van der Waals surface area contributed by atoms with E-state index in [2.05, 4.69) is 61.3 Å². The molecule has 1 aliphatic heterocycles. The quantitative estimate of drug-likeness (QED) is 0.785. The van der Waals surface area contributed by atoms with E-state index in [1.54, 1.807) is 0 Å². The number of carbonyl (C=O) groups excluding carboxylic acids is 1. The van der Waals surface area contributed by atoms with Gasteiger partial charge in [-0.1, -0.05) is 32.0 Å². The molecule has 5 atom stereocenters. The van der Waals surface area contributed by atoms with Crippen LogP contribution in [0.1, 0.15) is 45.1 Å². The predicted octanol–water partition coefficient (Wildman–Crippen LogP) is 3.92. The standard InChI is InChI=1S/C26H35N3O2/c1-16-5-4-6-18-7-8-23(28-24(16)18)29-10-9-21(26(2,3)15-29)25(31)27-22-13-17-11-19(14-30)20(22)12-17/h4-8,17,19-22,30H,9-15H2,1-3H3,(H,27,31)/t17-,19+,20-,21+,22-/m0/s1. The van der Waals surface area contributed by atoms with Crippen LogP contribution in [0.2, 0.25) is 0 Å². The largest absolute Gasteiger partial charge is 0.396 e. The van der Waals surface area contributed by atoms with Crippen molar-refractivity contribution in [1.82, 2.24) is 10.3 Å². The van der Waals surface area contributed by atoms with Gasteiger partial charge in [-0.3, -0.25) is 4.79 Å². The van der Waals surface area contributed by atoms with Crippen molar-refractivity contribution in [2.24, 2.45) is 29.1 Å². The number of pyridine rings is 1. The number of anilines is 1. The highest BCUT2D eigenvalue weighted by Gasteiger charge is 2.48. The molecule has 2 N–H and O–H groups in total. The van der Waals surface area contributed by atoms with Gasteiger partial charge in [0.05, 0.1) is 5.52 Å². The predicted molar refractivity (Wildman–Crippen MR) is 124 cm³/mol. The Morgan fingerprint density at radius 1 is 1.23 bits per heavy atom. The fourth-order valence-electron chi connectivity index (χ4n) is 6.65. The zero-order valence-corrected chi connectivity index (χ0v) is 19.0. The molecule has 3 aliphatic rings. The summed E-state index contributed by atoms with van der Waals surface area (Å²) >= 11 is 0. The molecule has 1 saturated heterocycles. The van der Waals surface area contributed by atoms with E-state index in [1.807, 2.05) is 0 Å². The van der Waals surface area contributed by atoms with E-state index in [4.69, 9.17) is 4.98 Å². The van der Waals surface area contributed by atoms with Crippen LogP contribution in [-0.2, 0) is 4.79 Å². The molecule has 0 radical (unpaired) electrons. The normalized spacial score (nSPS) is 31.9. The Labute approximate surface area is 185 Å². The lowest BCUT2D eigenvalue weighted by atomic mass is 9.73. The zero-order valence-electron chi connectivity index (χ0n) is 19.0. The van der Waals surface area contributed by atoms with Crippen molar-refractivity contribution in [2.45, 2.75) is 52.5 Å². The second-order valence-corrected chi connectivity index (χ2v) is 10.9. The summed E-state index contributed by atoms with van der Waals surface area (Å²) in [6.07, 6.45) is 4.24. The summed E-state index contributed by atoms with van der Waals surface area (Å²) in [5.41, 5.74) is 2.13. The Morgan fingerprint density at radius 3 is 2.81 bits per heavy atom. The number of nitrogens with one attached hydrogen (secondary N) is 1. The third-order valence-corrected chi connectivity index (χ3v) is 8.29. The Balaban J connectivity index is 1.28. The first-order chi connectivity index (χ1) is 14.9. The molecule has 1 aromatic carbocycles. The van der Waals surface area contributed by atoms with E-state index in [9.17, 15) is 9.90 Å². The Hall–Kier alpha value is -2.14. The SMILES string of the molecule is Cc1cccc2ccc(N3CC[C@H](C(=O)N[C@H]4C[C@H]5C[C@H](CO)[C@@H]4C5)C(C)(C)C3)nc12. The van der Waals surface area contributed by atoms with E-state index >= 15 is 0 Å². The minimum absolute atomic E-state index is 0.0117. The molecule has 1 amide bonds. The van der Waals surface area contributed by atoms with Crippen LogP contribution in [0.5, 0.6) is 0 Å². The number of aromatic nitrogens is 1. The topological polar surface area (TPSA) is 65.5 Å². The molecule has 2 heterocycles. The van der Waals surface area contributed by atoms with Crippen LogP contribution in [0, 0.1) is 36.0 Å². The van der Waals surface area contributed by atoms with Crippen LogP contribution in [0.4, 0.5) is 5.82 Å². The molecule has 166 valence electrons. The summed E-state index contributed by atoms with van der Waals surface area (Å²) in [5.74, 6) is 2.75. The number of benzene rings is 1. The first-order valence-corrected chi connectivity index (χ1v) is 11.9. The van der Waals surface area contributed by atoms with E-state index in [1.165, 1.54) is 17.4 Å². The average molecular weight is 422 g/mol. The molecule has 5 nitrogen and oxygen atoms in total. The Kier molecular flexibility index (Phi) is 5.20. The van der Waals surface area contributed by atoms with E-state index in [0.29, 0.717) is 17.8 Å². The van der Waals surface area contributed by atoms with E-state index < -0.39 is 0 Å². The van der Waals surface area contributed by atoms with Gasteiger partial charge in [0.25, 0.3) is 0 Å². The van der Waals surface area contributed by atoms with Crippen molar-refractivity contribution < 1.29 is 9.90 Å². The number of carbonyl (C=O) groups is 1. The van der Waals surface area contributed by atoms with Gasteiger partial charge in [0, 0.05) is 37.0 Å². The molecule has 0 unspecified atom stereocenters. The van der Waals surface area contributed by atoms with Crippen LogP contribution in [0.15, 0.2) is 30.3 Å². The molecule has 2 aliphatic carbocycles. The van der Waals surface area contributed by atoms with Crippen molar-refractivity contribution in [2.75, 3.05) is 24.6 Å². The summed E-state index contributed by atoms with van der Waals surface area (Å²) < 4.78 is 0. The van der Waals surface area contributed by atoms with Gasteiger partial charge in [-0.15, -0.1) is 0 Å². The summed E-state index contributed by atoms with van der Waals surface area (Å²) in [4.78, 5) is 20.6. The number of hydrogen-bond donors (Lipinski definition) is 2. The highest BCUT2D eigenvalue weighted by molar-refractivity contribution is 5.83. The molecule has 1 aromatic heterocycles. The lowest BCUT2D eigenvalue weighted by molar-refractivity contribution is -0.130. The van der Waals surface area contributed by atoms with Gasteiger partial charge in [0.2, 0.25) is 5.91 Å². The van der Waals surface area contributed by atoms with Crippen molar-refractivity contribution in [1.29, 1.82) is 0 Å². The van der Waals surface area contributed by atoms with Crippen LogP contribution in [0.25, 0.3) is 10.9 Å². The van der Waals surface area contributed by atoms with E-state index in [-0.39, 0.29) is 29.9 Å². The molecular weight excluding hydrogens is 386 g/mol. The maximum atomic E-state index is 13.3. The smallest absolute Gasteiger partial charge is 0.224 e. The zero-order chi connectivity index (χ0) is 21.8. The minimum Gasteiger partial charge on any atom is -0.396 e. The van der Waals surface area contributed by atoms with Crippen LogP contribution >= 0.6 is 0 Å². The molecule has 31 heavy (non-hydrogen) atoms. The van der Waals surface area contributed by atoms with Gasteiger partial charge in [0.1, 0.15) is 5.82 Å². The highest BCUT2D eigenvalue weighted by atomic mass is 16.3. The lowest BCUT2D eigenvalue weighted by Crippen LogP contribution is -2.53. The van der Waals surface area contributed by atoms with Gasteiger partial charge in [0.15, 0.2) is 0 Å². The second kappa shape index (κ2) is 7.77. The molecule has 2 aromatic rings. The number of para-hydroxylation sites is 1. The minimum atomic E-state index is -0.126. The maximum absolute atomic E-state index is 13.3. The number of piperidine rings is 1. The number of rotatable bonds is 4. The Bertz CT molecular complexity index is 988. The number of aryl methyl sites for hydroxylation is 1. The first-order valence-electron chi connectivity index (χ1n) is 11.9. The molecule has 5 heteroatoms. The maximum Gasteiger partial charge on any atom is 0.224 e. The monoisotopic (exact) mass is 421 g/mol. The second-order valence-electron chi connectivity index (χ2n) is 10.9. The van der Waals surface area contributed by atoms with Crippen LogP contribution in [0.3, 0.4) is 0 Å². The van der Waals surface area contributed by atoms with Crippen LogP contribution < -0.4 is 10.2 Å². The molecule has 2 saturated carbocycles. The highest BCUT2D eigenvalue weighted by Crippen LogP contribution is 2.48. The summed E-state index contributed by atoms with van der Waals surface area (Å²) in [7, 11) is 0. The number of amides is 1.